The first-order chi connectivity index (χ1) is 11.4. The Morgan fingerprint density at radius 1 is 1.14 bits per heavy atom. The number of fused-ring (bicyclic) bond motifs is 5. The van der Waals surface area contributed by atoms with E-state index in [1.165, 1.54) is 11.3 Å². The quantitative estimate of drug-likeness (QED) is 0.805. The molecule has 2 aliphatic heterocycles. The molecule has 0 radical (unpaired) electrons. The van der Waals surface area contributed by atoms with E-state index in [2.05, 4.69) is 17.0 Å². The molecule has 0 amide bonds. The molecule has 108 valence electrons. The van der Waals surface area contributed by atoms with Crippen molar-refractivity contribution in [1.82, 2.24) is 4.90 Å². The van der Waals surface area contributed by atoms with Crippen molar-refractivity contribution < 1.29 is 9.22 Å². The van der Waals surface area contributed by atoms with Gasteiger partial charge in [0, 0.05) is 29.4 Å². The van der Waals surface area contributed by atoms with Gasteiger partial charge in [0.25, 0.3) is 0 Å². The molecule has 0 aliphatic carbocycles. The van der Waals surface area contributed by atoms with E-state index >= 15 is 0 Å². The maximum atomic E-state index is 9.89. The number of para-hydroxylation sites is 1. The Morgan fingerprint density at radius 2 is 2.05 bits per heavy atom. The first kappa shape index (κ1) is 9.85. The van der Waals surface area contributed by atoms with Gasteiger partial charge in [0.15, 0.2) is 0 Å². The van der Waals surface area contributed by atoms with Gasteiger partial charge in [-0.25, -0.2) is 0 Å². The van der Waals surface area contributed by atoms with Crippen LogP contribution < -0.4 is 4.90 Å². The maximum Gasteiger partial charge on any atom is 0.115 e. The van der Waals surface area contributed by atoms with E-state index in [-0.39, 0.29) is 11.8 Å². The summed E-state index contributed by atoms with van der Waals surface area (Å²) in [7, 11) is 0. The summed E-state index contributed by atoms with van der Waals surface area (Å²) < 4.78 is 23.3. The number of benzene rings is 2. The third-order valence-corrected chi connectivity index (χ3v) is 4.55. The third-order valence-electron chi connectivity index (χ3n) is 4.55. The molecule has 1 fully saturated rings. The van der Waals surface area contributed by atoms with E-state index in [1.54, 1.807) is 11.0 Å². The Labute approximate surface area is 129 Å². The molecule has 1 saturated heterocycles. The molecule has 3 heteroatoms. The smallest absolute Gasteiger partial charge is 0.115 e. The summed E-state index contributed by atoms with van der Waals surface area (Å²) in [6.07, 6.45) is 0.751. The largest absolute Gasteiger partial charge is 0.508 e. The SMILES string of the molecule is [2H]C([2H])([2H])N1CCN2c3ccccc3Cc3cc(O)ccc3C2C1. The van der Waals surface area contributed by atoms with Gasteiger partial charge in [-0.05, 0) is 48.3 Å². The summed E-state index contributed by atoms with van der Waals surface area (Å²) in [6, 6.07) is 13.7. The van der Waals surface area contributed by atoms with Gasteiger partial charge in [-0.1, -0.05) is 24.3 Å². The Kier molecular flexibility index (Phi) is 2.24. The molecule has 0 bridgehead atoms. The zero-order valence-corrected chi connectivity index (χ0v) is 11.8. The minimum Gasteiger partial charge on any atom is -0.508 e. The second kappa shape index (κ2) is 4.78. The summed E-state index contributed by atoms with van der Waals surface area (Å²) in [5.74, 6) is 0.253. The normalized spacial score (nSPS) is 23.9. The second-order valence-electron chi connectivity index (χ2n) is 5.84. The molecule has 1 atom stereocenters. The van der Waals surface area contributed by atoms with Crippen molar-refractivity contribution in [2.24, 2.45) is 0 Å². The van der Waals surface area contributed by atoms with Crippen LogP contribution in [0.1, 0.15) is 26.8 Å². The number of aromatic hydroxyl groups is 1. The van der Waals surface area contributed by atoms with Crippen molar-refractivity contribution in [2.45, 2.75) is 12.5 Å². The van der Waals surface area contributed by atoms with E-state index < -0.39 is 6.98 Å². The summed E-state index contributed by atoms with van der Waals surface area (Å²) in [6.45, 7) is -0.410. The molecule has 2 aliphatic rings. The molecule has 0 saturated carbocycles. The van der Waals surface area contributed by atoms with Gasteiger partial charge in [-0.15, -0.1) is 0 Å². The number of rotatable bonds is 0. The molecule has 4 rings (SSSR count). The summed E-state index contributed by atoms with van der Waals surface area (Å²) >= 11 is 0. The van der Waals surface area contributed by atoms with Crippen LogP contribution in [0, 0.1) is 0 Å². The van der Waals surface area contributed by atoms with Crippen LogP contribution in [0.3, 0.4) is 0 Å². The Hall–Kier alpha value is -2.00. The van der Waals surface area contributed by atoms with Gasteiger partial charge in [0.1, 0.15) is 5.75 Å². The molecule has 1 N–H and O–H groups in total. The average Bonchev–Trinajstić information content (AvgIpc) is 2.67. The predicted molar refractivity (Wildman–Crippen MR) is 84.9 cm³/mol. The number of nitrogens with zero attached hydrogens (tertiary/aromatic N) is 2. The van der Waals surface area contributed by atoms with Gasteiger partial charge < -0.3 is 14.9 Å². The molecular weight excluding hydrogens is 260 g/mol. The number of piperazine rings is 1. The van der Waals surface area contributed by atoms with Crippen molar-refractivity contribution in [2.75, 3.05) is 31.5 Å². The van der Waals surface area contributed by atoms with Gasteiger partial charge in [-0.2, -0.15) is 0 Å². The topological polar surface area (TPSA) is 26.7 Å². The average molecular weight is 283 g/mol. The molecule has 0 spiro atoms. The highest BCUT2D eigenvalue weighted by Gasteiger charge is 2.32. The molecule has 2 aromatic rings. The van der Waals surface area contributed by atoms with E-state index in [9.17, 15) is 5.11 Å². The minimum atomic E-state index is -2.07. The first-order valence-electron chi connectivity index (χ1n) is 8.85. The fourth-order valence-electron chi connectivity index (χ4n) is 3.55. The number of hydrogen-bond donors (Lipinski definition) is 1. The zero-order chi connectivity index (χ0) is 16.9. The van der Waals surface area contributed by atoms with Crippen LogP contribution in [0.2, 0.25) is 0 Å². The predicted octanol–water partition coefficient (Wildman–Crippen LogP) is 2.79. The van der Waals surface area contributed by atoms with E-state index in [1.807, 2.05) is 24.3 Å². The number of anilines is 1. The highest BCUT2D eigenvalue weighted by Crippen LogP contribution is 2.39. The molecule has 0 aromatic heterocycles. The number of phenolic OH excluding ortho intramolecular Hbond substituents is 1. The summed E-state index contributed by atoms with van der Waals surface area (Å²) in [5.41, 5.74) is 4.57. The lowest BCUT2D eigenvalue weighted by Crippen LogP contribution is -2.46. The van der Waals surface area contributed by atoms with Gasteiger partial charge >= 0.3 is 0 Å². The van der Waals surface area contributed by atoms with Crippen molar-refractivity contribution in [3.05, 3.63) is 59.2 Å². The molecule has 21 heavy (non-hydrogen) atoms. The number of hydrogen-bond acceptors (Lipinski definition) is 3. The van der Waals surface area contributed by atoms with Crippen LogP contribution in [-0.2, 0) is 6.42 Å². The highest BCUT2D eigenvalue weighted by molar-refractivity contribution is 5.61. The first-order valence-corrected chi connectivity index (χ1v) is 7.35. The number of phenols is 1. The maximum absolute atomic E-state index is 9.89. The molecule has 3 nitrogen and oxygen atoms in total. The van der Waals surface area contributed by atoms with Crippen molar-refractivity contribution in [1.29, 1.82) is 0 Å². The lowest BCUT2D eigenvalue weighted by atomic mass is 9.96. The Balaban J connectivity index is 1.84. The van der Waals surface area contributed by atoms with Crippen LogP contribution in [0.15, 0.2) is 42.5 Å². The zero-order valence-electron chi connectivity index (χ0n) is 14.8. The third kappa shape index (κ3) is 2.09. The minimum absolute atomic E-state index is 0.0153. The lowest BCUT2D eigenvalue weighted by Gasteiger charge is -2.41. The highest BCUT2D eigenvalue weighted by atomic mass is 16.3. The van der Waals surface area contributed by atoms with Gasteiger partial charge in [0.05, 0.1) is 6.04 Å². The molecule has 2 aromatic carbocycles. The van der Waals surface area contributed by atoms with E-state index in [4.69, 9.17) is 4.11 Å². The second-order valence-corrected chi connectivity index (χ2v) is 5.84. The van der Waals surface area contributed by atoms with E-state index in [0.717, 1.165) is 17.5 Å². The molecule has 2 heterocycles. The Morgan fingerprint density at radius 3 is 2.95 bits per heavy atom. The van der Waals surface area contributed by atoms with Crippen LogP contribution >= 0.6 is 0 Å². The fourth-order valence-corrected chi connectivity index (χ4v) is 3.55. The van der Waals surface area contributed by atoms with Crippen LogP contribution in [0.5, 0.6) is 5.75 Å². The van der Waals surface area contributed by atoms with Crippen LogP contribution in [0.25, 0.3) is 0 Å². The lowest BCUT2D eigenvalue weighted by molar-refractivity contribution is 0.269. The van der Waals surface area contributed by atoms with Crippen molar-refractivity contribution in [3.63, 3.8) is 0 Å². The monoisotopic (exact) mass is 283 g/mol. The number of likely N-dealkylation sites (N-methyl/N-ethyl adjacent to an activating group) is 1. The van der Waals surface area contributed by atoms with E-state index in [0.29, 0.717) is 19.6 Å². The Bertz CT molecular complexity index is 775. The molecular formula is C18H20N2O. The standard InChI is InChI=1S/C18H20N2O/c1-19-8-9-20-17-5-3-2-4-13(17)10-14-11-15(21)6-7-16(14)18(20)12-19/h2-7,11,18,21H,8-10,12H2,1H3/i1D3. The fraction of sp³-hybridized carbons (Fsp3) is 0.333. The van der Waals surface area contributed by atoms with Gasteiger partial charge in [-0.3, -0.25) is 0 Å². The van der Waals surface area contributed by atoms with Crippen molar-refractivity contribution >= 4 is 5.69 Å². The summed E-state index contributed by atoms with van der Waals surface area (Å²) in [4.78, 5) is 3.90. The molecule has 1 unspecified atom stereocenters. The van der Waals surface area contributed by atoms with Gasteiger partial charge in [0.2, 0.25) is 0 Å². The van der Waals surface area contributed by atoms with Crippen molar-refractivity contribution in [3.8, 4) is 5.75 Å². The van der Waals surface area contributed by atoms with Crippen LogP contribution in [-0.4, -0.2) is 36.6 Å². The van der Waals surface area contributed by atoms with Crippen LogP contribution in [0.4, 0.5) is 5.69 Å². The summed E-state index contributed by atoms with van der Waals surface area (Å²) in [5, 5.41) is 9.89.